The molecule has 1 fully saturated rings. The van der Waals surface area contributed by atoms with Crippen molar-refractivity contribution in [3.05, 3.63) is 35.9 Å². The molecular formula is C18H29N3O. The van der Waals surface area contributed by atoms with Crippen molar-refractivity contribution in [3.8, 4) is 0 Å². The Bertz CT molecular complexity index is 486. The zero-order valence-electron chi connectivity index (χ0n) is 14.0. The molecule has 0 aliphatic carbocycles. The molecule has 1 aliphatic rings. The highest BCUT2D eigenvalue weighted by Gasteiger charge is 2.36. The van der Waals surface area contributed by atoms with Gasteiger partial charge in [0.2, 0.25) is 5.91 Å². The summed E-state index contributed by atoms with van der Waals surface area (Å²) >= 11 is 0. The molecule has 122 valence electrons. The number of benzene rings is 1. The van der Waals surface area contributed by atoms with Gasteiger partial charge in [0.05, 0.1) is 6.04 Å². The third kappa shape index (κ3) is 4.31. The molecule has 0 aromatic heterocycles. The Morgan fingerprint density at radius 1 is 1.41 bits per heavy atom. The Hall–Kier alpha value is -1.39. The van der Waals surface area contributed by atoms with E-state index in [0.717, 1.165) is 25.9 Å². The number of nitrogens with zero attached hydrogens (tertiary/aromatic N) is 1. The van der Waals surface area contributed by atoms with E-state index in [-0.39, 0.29) is 23.4 Å². The highest BCUT2D eigenvalue weighted by atomic mass is 16.2. The zero-order chi connectivity index (χ0) is 16.2. The molecule has 4 heteroatoms. The largest absolute Gasteiger partial charge is 0.354 e. The predicted octanol–water partition coefficient (Wildman–Crippen LogP) is 1.79. The minimum atomic E-state index is -0.0949. The van der Waals surface area contributed by atoms with E-state index in [2.05, 4.69) is 36.2 Å². The van der Waals surface area contributed by atoms with E-state index in [9.17, 15) is 4.79 Å². The molecule has 2 atom stereocenters. The minimum absolute atomic E-state index is 0.0663. The second-order valence-corrected chi connectivity index (χ2v) is 7.06. The Balaban J connectivity index is 1.79. The monoisotopic (exact) mass is 303 g/mol. The van der Waals surface area contributed by atoms with Crippen LogP contribution in [0.1, 0.15) is 32.8 Å². The van der Waals surface area contributed by atoms with E-state index in [1.54, 1.807) is 0 Å². The van der Waals surface area contributed by atoms with E-state index in [0.29, 0.717) is 6.54 Å². The molecule has 1 aliphatic heterocycles. The van der Waals surface area contributed by atoms with E-state index in [1.165, 1.54) is 5.56 Å². The fourth-order valence-electron chi connectivity index (χ4n) is 3.03. The van der Waals surface area contributed by atoms with Crippen molar-refractivity contribution >= 4 is 5.91 Å². The smallest absolute Gasteiger partial charge is 0.237 e. The van der Waals surface area contributed by atoms with Crippen LogP contribution in [0.3, 0.4) is 0 Å². The van der Waals surface area contributed by atoms with Crippen LogP contribution in [0.15, 0.2) is 30.3 Å². The van der Waals surface area contributed by atoms with Crippen molar-refractivity contribution in [1.29, 1.82) is 0 Å². The molecule has 4 nitrogen and oxygen atoms in total. The van der Waals surface area contributed by atoms with Crippen molar-refractivity contribution in [2.75, 3.05) is 19.6 Å². The average molecular weight is 303 g/mol. The lowest BCUT2D eigenvalue weighted by Crippen LogP contribution is -2.57. The number of hydrogen-bond acceptors (Lipinski definition) is 3. The summed E-state index contributed by atoms with van der Waals surface area (Å²) in [6.07, 6.45) is 1.82. The summed E-state index contributed by atoms with van der Waals surface area (Å²) in [5.41, 5.74) is 7.49. The molecule has 0 saturated carbocycles. The number of likely N-dealkylation sites (tertiary alicyclic amines) is 1. The number of nitrogens with two attached hydrogens (primary N) is 1. The van der Waals surface area contributed by atoms with Gasteiger partial charge in [0.25, 0.3) is 0 Å². The molecule has 3 N–H and O–H groups in total. The van der Waals surface area contributed by atoms with Gasteiger partial charge in [-0.2, -0.15) is 0 Å². The molecule has 0 bridgehead atoms. The van der Waals surface area contributed by atoms with E-state index < -0.39 is 0 Å². The number of hydrogen-bond donors (Lipinski definition) is 2. The normalized spacial score (nSPS) is 23.0. The first-order valence-corrected chi connectivity index (χ1v) is 8.21. The first-order chi connectivity index (χ1) is 10.4. The van der Waals surface area contributed by atoms with Crippen LogP contribution in [0.4, 0.5) is 0 Å². The summed E-state index contributed by atoms with van der Waals surface area (Å²) in [4.78, 5) is 14.6. The molecular weight excluding hydrogens is 274 g/mol. The van der Waals surface area contributed by atoms with Crippen LogP contribution < -0.4 is 11.1 Å². The van der Waals surface area contributed by atoms with Crippen molar-refractivity contribution in [2.45, 2.75) is 45.7 Å². The highest BCUT2D eigenvalue weighted by Crippen LogP contribution is 2.28. The third-order valence-electron chi connectivity index (χ3n) is 4.82. The topological polar surface area (TPSA) is 58.4 Å². The van der Waals surface area contributed by atoms with Crippen LogP contribution in [0.2, 0.25) is 0 Å². The predicted molar refractivity (Wildman–Crippen MR) is 90.6 cm³/mol. The molecule has 0 radical (unpaired) electrons. The molecule has 1 heterocycles. The van der Waals surface area contributed by atoms with Crippen molar-refractivity contribution in [3.63, 3.8) is 0 Å². The summed E-state index contributed by atoms with van der Waals surface area (Å²) in [5, 5.41) is 3.05. The molecule has 1 aromatic carbocycles. The Morgan fingerprint density at radius 3 is 2.73 bits per heavy atom. The van der Waals surface area contributed by atoms with Gasteiger partial charge in [0.1, 0.15) is 0 Å². The SMILES string of the molecule is CC(C(=O)NCCc1ccccc1)N1CCC(N)C(C)(C)C1. The lowest BCUT2D eigenvalue weighted by Gasteiger charge is -2.44. The van der Waals surface area contributed by atoms with Gasteiger partial charge in [0.15, 0.2) is 0 Å². The molecule has 1 saturated heterocycles. The summed E-state index contributed by atoms with van der Waals surface area (Å²) in [5.74, 6) is 0.113. The maximum atomic E-state index is 12.3. The van der Waals surface area contributed by atoms with Crippen LogP contribution in [-0.2, 0) is 11.2 Å². The van der Waals surface area contributed by atoms with Gasteiger partial charge in [0, 0.05) is 25.7 Å². The summed E-state index contributed by atoms with van der Waals surface area (Å²) < 4.78 is 0. The van der Waals surface area contributed by atoms with Crippen LogP contribution in [0, 0.1) is 5.41 Å². The van der Waals surface area contributed by atoms with Crippen molar-refractivity contribution < 1.29 is 4.79 Å². The fraction of sp³-hybridized carbons (Fsp3) is 0.611. The first kappa shape index (κ1) is 17.0. The van der Waals surface area contributed by atoms with Gasteiger partial charge in [-0.05, 0) is 30.7 Å². The van der Waals surface area contributed by atoms with Crippen molar-refractivity contribution in [1.82, 2.24) is 10.2 Å². The van der Waals surface area contributed by atoms with Gasteiger partial charge in [-0.1, -0.05) is 44.2 Å². The molecule has 1 aromatic rings. The van der Waals surface area contributed by atoms with Crippen LogP contribution in [0.25, 0.3) is 0 Å². The lowest BCUT2D eigenvalue weighted by atomic mass is 9.79. The Kier molecular flexibility index (Phi) is 5.59. The van der Waals surface area contributed by atoms with Crippen LogP contribution >= 0.6 is 0 Å². The quantitative estimate of drug-likeness (QED) is 0.872. The van der Waals surface area contributed by atoms with Crippen LogP contribution in [0.5, 0.6) is 0 Å². The number of rotatable bonds is 5. The molecule has 2 unspecified atom stereocenters. The van der Waals surface area contributed by atoms with Gasteiger partial charge in [-0.25, -0.2) is 0 Å². The first-order valence-electron chi connectivity index (χ1n) is 8.21. The molecule has 0 spiro atoms. The highest BCUT2D eigenvalue weighted by molar-refractivity contribution is 5.81. The summed E-state index contributed by atoms with van der Waals surface area (Å²) in [6.45, 7) is 8.82. The average Bonchev–Trinajstić information content (AvgIpc) is 2.50. The number of piperidine rings is 1. The second-order valence-electron chi connectivity index (χ2n) is 7.06. The Labute approximate surface area is 134 Å². The van der Waals surface area contributed by atoms with Crippen molar-refractivity contribution in [2.24, 2.45) is 11.1 Å². The van der Waals surface area contributed by atoms with E-state index in [1.807, 2.05) is 25.1 Å². The summed E-state index contributed by atoms with van der Waals surface area (Å²) in [7, 11) is 0. The maximum absolute atomic E-state index is 12.3. The van der Waals surface area contributed by atoms with E-state index in [4.69, 9.17) is 5.73 Å². The molecule has 2 rings (SSSR count). The second kappa shape index (κ2) is 7.25. The number of nitrogens with one attached hydrogen (secondary N) is 1. The minimum Gasteiger partial charge on any atom is -0.354 e. The number of carbonyl (C=O) groups is 1. The van der Waals surface area contributed by atoms with Gasteiger partial charge < -0.3 is 11.1 Å². The summed E-state index contributed by atoms with van der Waals surface area (Å²) in [6, 6.07) is 10.4. The molecule has 1 amide bonds. The van der Waals surface area contributed by atoms with E-state index >= 15 is 0 Å². The number of carbonyl (C=O) groups excluding carboxylic acids is 1. The Morgan fingerprint density at radius 2 is 2.09 bits per heavy atom. The standard InChI is InChI=1S/C18H29N3O/c1-14(21-12-10-16(19)18(2,3)13-21)17(22)20-11-9-15-7-5-4-6-8-15/h4-8,14,16H,9-13,19H2,1-3H3,(H,20,22). The van der Waals surface area contributed by atoms with Crippen LogP contribution in [-0.4, -0.2) is 42.5 Å². The fourth-order valence-corrected chi connectivity index (χ4v) is 3.03. The number of amides is 1. The van der Waals surface area contributed by atoms with Gasteiger partial charge in [-0.15, -0.1) is 0 Å². The van der Waals surface area contributed by atoms with Gasteiger partial charge in [-0.3, -0.25) is 9.69 Å². The third-order valence-corrected chi connectivity index (χ3v) is 4.82. The molecule has 22 heavy (non-hydrogen) atoms. The zero-order valence-corrected chi connectivity index (χ0v) is 14.0. The maximum Gasteiger partial charge on any atom is 0.237 e. The van der Waals surface area contributed by atoms with Gasteiger partial charge >= 0.3 is 0 Å². The lowest BCUT2D eigenvalue weighted by molar-refractivity contribution is -0.127.